The van der Waals surface area contributed by atoms with Crippen LogP contribution in [0.1, 0.15) is 38.2 Å². The number of carbonyl (C=O) groups is 1. The summed E-state index contributed by atoms with van der Waals surface area (Å²) in [5, 5.41) is 2.79. The van der Waals surface area contributed by atoms with Gasteiger partial charge in [-0.2, -0.15) is 0 Å². The molecule has 100 valence electrons. The van der Waals surface area contributed by atoms with Crippen molar-refractivity contribution in [3.05, 3.63) is 23.8 Å². The number of rotatable bonds is 6. The second kappa shape index (κ2) is 7.01. The molecule has 4 nitrogen and oxygen atoms in total. The second-order valence-corrected chi connectivity index (χ2v) is 4.47. The zero-order valence-corrected chi connectivity index (χ0v) is 11.3. The Kier molecular flexibility index (Phi) is 5.65. The van der Waals surface area contributed by atoms with Crippen LogP contribution in [0.15, 0.2) is 18.2 Å². The molecule has 4 heteroatoms. The van der Waals surface area contributed by atoms with Crippen molar-refractivity contribution in [2.24, 2.45) is 5.73 Å². The SMILES string of the molecule is COc1ccc(NC(C)=O)cc1C(C)CCCN. The van der Waals surface area contributed by atoms with Crippen LogP contribution in [0.2, 0.25) is 0 Å². The molecule has 0 spiro atoms. The molecule has 0 radical (unpaired) electrons. The normalized spacial score (nSPS) is 12.0. The summed E-state index contributed by atoms with van der Waals surface area (Å²) in [6.07, 6.45) is 1.99. The van der Waals surface area contributed by atoms with E-state index in [9.17, 15) is 4.79 Å². The molecule has 1 aromatic rings. The minimum Gasteiger partial charge on any atom is -0.496 e. The summed E-state index contributed by atoms with van der Waals surface area (Å²) in [6.45, 7) is 4.34. The molecule has 1 unspecified atom stereocenters. The zero-order valence-electron chi connectivity index (χ0n) is 11.3. The maximum absolute atomic E-state index is 11.1. The Bertz CT molecular complexity index is 405. The van der Waals surface area contributed by atoms with Crippen LogP contribution < -0.4 is 15.8 Å². The van der Waals surface area contributed by atoms with Gasteiger partial charge >= 0.3 is 0 Å². The number of ether oxygens (including phenoxy) is 1. The van der Waals surface area contributed by atoms with Gasteiger partial charge in [-0.15, -0.1) is 0 Å². The molecular weight excluding hydrogens is 228 g/mol. The number of hydrogen-bond acceptors (Lipinski definition) is 3. The van der Waals surface area contributed by atoms with Crippen LogP contribution in [-0.4, -0.2) is 19.6 Å². The molecule has 0 aliphatic rings. The monoisotopic (exact) mass is 250 g/mol. The molecule has 0 saturated heterocycles. The van der Waals surface area contributed by atoms with Crippen LogP contribution in [0.5, 0.6) is 5.75 Å². The minimum atomic E-state index is -0.0688. The van der Waals surface area contributed by atoms with Crippen LogP contribution in [0.3, 0.4) is 0 Å². The molecule has 1 aromatic carbocycles. The highest BCUT2D eigenvalue weighted by Gasteiger charge is 2.12. The highest BCUT2D eigenvalue weighted by atomic mass is 16.5. The van der Waals surface area contributed by atoms with E-state index in [1.165, 1.54) is 6.92 Å². The van der Waals surface area contributed by atoms with Crippen molar-refractivity contribution in [3.8, 4) is 5.75 Å². The summed E-state index contributed by atoms with van der Waals surface area (Å²) in [6, 6.07) is 5.71. The Labute approximate surface area is 109 Å². The lowest BCUT2D eigenvalue weighted by Crippen LogP contribution is -2.08. The number of hydrogen-bond donors (Lipinski definition) is 2. The molecule has 0 saturated carbocycles. The number of methoxy groups -OCH3 is 1. The number of amides is 1. The first-order chi connectivity index (χ1) is 8.58. The standard InChI is InChI=1S/C14H22N2O2/c1-10(5-4-8-15)13-9-12(16-11(2)17)6-7-14(13)18-3/h6-7,9-10H,4-5,8,15H2,1-3H3,(H,16,17). The molecule has 0 aliphatic heterocycles. The van der Waals surface area contributed by atoms with Gasteiger partial charge < -0.3 is 15.8 Å². The largest absolute Gasteiger partial charge is 0.496 e. The van der Waals surface area contributed by atoms with E-state index in [2.05, 4.69) is 12.2 Å². The molecule has 18 heavy (non-hydrogen) atoms. The first kappa shape index (κ1) is 14.5. The van der Waals surface area contributed by atoms with Crippen LogP contribution in [0.4, 0.5) is 5.69 Å². The average molecular weight is 250 g/mol. The van der Waals surface area contributed by atoms with Crippen LogP contribution in [0.25, 0.3) is 0 Å². The van der Waals surface area contributed by atoms with Gasteiger partial charge in [0.05, 0.1) is 7.11 Å². The summed E-state index contributed by atoms with van der Waals surface area (Å²) in [4.78, 5) is 11.1. The smallest absolute Gasteiger partial charge is 0.221 e. The summed E-state index contributed by atoms with van der Waals surface area (Å²) < 4.78 is 5.36. The fraction of sp³-hybridized carbons (Fsp3) is 0.500. The Morgan fingerprint density at radius 3 is 2.78 bits per heavy atom. The lowest BCUT2D eigenvalue weighted by molar-refractivity contribution is -0.114. The van der Waals surface area contributed by atoms with Gasteiger partial charge in [0.15, 0.2) is 0 Å². The van der Waals surface area contributed by atoms with Crippen molar-refractivity contribution in [3.63, 3.8) is 0 Å². The maximum Gasteiger partial charge on any atom is 0.221 e. The molecule has 1 amide bonds. The first-order valence-corrected chi connectivity index (χ1v) is 6.24. The average Bonchev–Trinajstić information content (AvgIpc) is 2.35. The lowest BCUT2D eigenvalue weighted by Gasteiger charge is -2.17. The number of benzene rings is 1. The van der Waals surface area contributed by atoms with Crippen molar-refractivity contribution in [1.29, 1.82) is 0 Å². The third-order valence-corrected chi connectivity index (χ3v) is 2.92. The quantitative estimate of drug-likeness (QED) is 0.815. The van der Waals surface area contributed by atoms with Gasteiger partial charge in [-0.25, -0.2) is 0 Å². The van der Waals surface area contributed by atoms with Crippen molar-refractivity contribution in [1.82, 2.24) is 0 Å². The molecule has 0 aliphatic carbocycles. The molecule has 0 heterocycles. The highest BCUT2D eigenvalue weighted by molar-refractivity contribution is 5.88. The third kappa shape index (κ3) is 4.04. The van der Waals surface area contributed by atoms with E-state index in [1.807, 2.05) is 18.2 Å². The van der Waals surface area contributed by atoms with Gasteiger partial charge in [-0.1, -0.05) is 6.92 Å². The van der Waals surface area contributed by atoms with Gasteiger partial charge in [-0.3, -0.25) is 4.79 Å². The van der Waals surface area contributed by atoms with Gasteiger partial charge in [0, 0.05) is 12.6 Å². The molecule has 0 aromatic heterocycles. The molecule has 3 N–H and O–H groups in total. The third-order valence-electron chi connectivity index (χ3n) is 2.92. The minimum absolute atomic E-state index is 0.0688. The molecule has 0 fully saturated rings. The topological polar surface area (TPSA) is 64.3 Å². The predicted octanol–water partition coefficient (Wildman–Crippen LogP) is 2.50. The van der Waals surface area contributed by atoms with Gasteiger partial charge in [0.2, 0.25) is 5.91 Å². The van der Waals surface area contributed by atoms with E-state index < -0.39 is 0 Å². The van der Waals surface area contributed by atoms with Crippen molar-refractivity contribution in [2.75, 3.05) is 19.0 Å². The number of nitrogens with two attached hydrogens (primary N) is 1. The number of anilines is 1. The second-order valence-electron chi connectivity index (χ2n) is 4.47. The Morgan fingerprint density at radius 1 is 1.50 bits per heavy atom. The van der Waals surface area contributed by atoms with E-state index in [-0.39, 0.29) is 5.91 Å². The van der Waals surface area contributed by atoms with Crippen molar-refractivity contribution in [2.45, 2.75) is 32.6 Å². The fourth-order valence-electron chi connectivity index (χ4n) is 1.98. The Balaban J connectivity index is 2.93. The zero-order chi connectivity index (χ0) is 13.5. The number of nitrogens with one attached hydrogen (secondary N) is 1. The predicted molar refractivity (Wildman–Crippen MR) is 74.0 cm³/mol. The van der Waals surface area contributed by atoms with E-state index >= 15 is 0 Å². The van der Waals surface area contributed by atoms with Gasteiger partial charge in [-0.05, 0) is 49.1 Å². The van der Waals surface area contributed by atoms with E-state index in [1.54, 1.807) is 7.11 Å². The summed E-state index contributed by atoms with van der Waals surface area (Å²) in [5.74, 6) is 1.14. The molecular formula is C14H22N2O2. The van der Waals surface area contributed by atoms with E-state index in [0.717, 1.165) is 29.8 Å². The van der Waals surface area contributed by atoms with Gasteiger partial charge in [0.1, 0.15) is 5.75 Å². The van der Waals surface area contributed by atoms with Crippen molar-refractivity contribution >= 4 is 11.6 Å². The maximum atomic E-state index is 11.1. The molecule has 0 bridgehead atoms. The lowest BCUT2D eigenvalue weighted by atomic mass is 9.95. The van der Waals surface area contributed by atoms with Crippen LogP contribution in [0, 0.1) is 0 Å². The summed E-state index contributed by atoms with van der Waals surface area (Å²) in [7, 11) is 1.66. The first-order valence-electron chi connectivity index (χ1n) is 6.24. The summed E-state index contributed by atoms with van der Waals surface area (Å²) >= 11 is 0. The van der Waals surface area contributed by atoms with Crippen LogP contribution >= 0.6 is 0 Å². The molecule has 1 atom stereocenters. The summed E-state index contributed by atoms with van der Waals surface area (Å²) in [5.41, 5.74) is 7.45. The van der Waals surface area contributed by atoms with Crippen LogP contribution in [-0.2, 0) is 4.79 Å². The van der Waals surface area contributed by atoms with Crippen molar-refractivity contribution < 1.29 is 9.53 Å². The van der Waals surface area contributed by atoms with E-state index in [0.29, 0.717) is 12.5 Å². The Morgan fingerprint density at radius 2 is 2.22 bits per heavy atom. The number of carbonyl (C=O) groups excluding carboxylic acids is 1. The Hall–Kier alpha value is -1.55. The highest BCUT2D eigenvalue weighted by Crippen LogP contribution is 2.31. The van der Waals surface area contributed by atoms with E-state index in [4.69, 9.17) is 10.5 Å². The molecule has 1 rings (SSSR count). The fourth-order valence-corrected chi connectivity index (χ4v) is 1.98. The van der Waals surface area contributed by atoms with Gasteiger partial charge in [0.25, 0.3) is 0 Å².